The van der Waals surface area contributed by atoms with Crippen LogP contribution < -0.4 is 0 Å². The molecule has 0 aliphatic rings. The van der Waals surface area contributed by atoms with Crippen molar-refractivity contribution in [2.45, 2.75) is 13.3 Å². The average molecular weight is 213 g/mol. The number of fused-ring (bicyclic) bond motifs is 1. The number of hydrogen-bond acceptors (Lipinski definition) is 3. The molecule has 2 N–H and O–H groups in total. The highest BCUT2D eigenvalue weighted by Crippen LogP contribution is 2.22. The lowest BCUT2D eigenvalue weighted by Gasteiger charge is -1.97. The molecule has 0 bridgehead atoms. The van der Waals surface area contributed by atoms with Gasteiger partial charge in [-0.3, -0.25) is 0 Å². The molecule has 0 amide bonds. The van der Waals surface area contributed by atoms with Crippen LogP contribution in [0.1, 0.15) is 17.0 Å². The highest BCUT2D eigenvalue weighted by atomic mass is 15.5. The molecule has 0 saturated heterocycles. The zero-order valence-corrected chi connectivity index (χ0v) is 8.86. The Kier molecular flexibility index (Phi) is 1.96. The predicted molar refractivity (Wildman–Crippen MR) is 60.0 cm³/mol. The van der Waals surface area contributed by atoms with Gasteiger partial charge in [-0.15, -0.1) is 10.2 Å². The number of H-pyrrole nitrogens is 2. The van der Waals surface area contributed by atoms with Crippen molar-refractivity contribution in [3.63, 3.8) is 0 Å². The van der Waals surface area contributed by atoms with Crippen molar-refractivity contribution in [1.29, 1.82) is 0 Å². The summed E-state index contributed by atoms with van der Waals surface area (Å²) in [5.74, 6) is 0.711. The molecule has 5 heteroatoms. The van der Waals surface area contributed by atoms with E-state index in [1.165, 1.54) is 22.0 Å². The molecule has 0 aliphatic heterocycles. The molecule has 0 fully saturated rings. The van der Waals surface area contributed by atoms with Crippen molar-refractivity contribution >= 4 is 10.9 Å². The fourth-order valence-corrected chi connectivity index (χ4v) is 1.94. The summed E-state index contributed by atoms with van der Waals surface area (Å²) < 4.78 is 0. The first-order valence-electron chi connectivity index (χ1n) is 5.12. The van der Waals surface area contributed by atoms with E-state index in [1.807, 2.05) is 6.20 Å². The van der Waals surface area contributed by atoms with Crippen LogP contribution in [-0.4, -0.2) is 25.6 Å². The molecular formula is C11H11N5. The zero-order valence-electron chi connectivity index (χ0n) is 8.86. The lowest BCUT2D eigenvalue weighted by molar-refractivity contribution is 0.881. The summed E-state index contributed by atoms with van der Waals surface area (Å²) in [5.41, 5.74) is 3.62. The Balaban J connectivity index is 2.08. The summed E-state index contributed by atoms with van der Waals surface area (Å²) >= 11 is 0. The van der Waals surface area contributed by atoms with Crippen molar-refractivity contribution < 1.29 is 0 Å². The molecule has 0 aliphatic carbocycles. The van der Waals surface area contributed by atoms with Gasteiger partial charge in [0.2, 0.25) is 0 Å². The SMILES string of the molecule is Cc1cccc2c(Cc3nn[nH]n3)c[nH]c12. The van der Waals surface area contributed by atoms with Gasteiger partial charge in [-0.1, -0.05) is 23.4 Å². The van der Waals surface area contributed by atoms with E-state index >= 15 is 0 Å². The molecule has 16 heavy (non-hydrogen) atoms. The molecule has 2 aromatic heterocycles. The van der Waals surface area contributed by atoms with Crippen LogP contribution in [0.25, 0.3) is 10.9 Å². The first-order valence-corrected chi connectivity index (χ1v) is 5.12. The van der Waals surface area contributed by atoms with Gasteiger partial charge in [0.15, 0.2) is 5.82 Å². The topological polar surface area (TPSA) is 70.2 Å². The molecule has 80 valence electrons. The maximum Gasteiger partial charge on any atom is 0.178 e. The second-order valence-electron chi connectivity index (χ2n) is 3.82. The van der Waals surface area contributed by atoms with Crippen LogP contribution in [0.4, 0.5) is 0 Å². The third kappa shape index (κ3) is 1.37. The van der Waals surface area contributed by atoms with Gasteiger partial charge in [0.05, 0.1) is 0 Å². The minimum Gasteiger partial charge on any atom is -0.361 e. The number of nitrogens with zero attached hydrogens (tertiary/aromatic N) is 3. The summed E-state index contributed by atoms with van der Waals surface area (Å²) in [6, 6.07) is 6.26. The van der Waals surface area contributed by atoms with Crippen LogP contribution in [0.15, 0.2) is 24.4 Å². The molecule has 0 saturated carbocycles. The fourth-order valence-electron chi connectivity index (χ4n) is 1.94. The summed E-state index contributed by atoms with van der Waals surface area (Å²) in [5, 5.41) is 15.2. The predicted octanol–water partition coefficient (Wildman–Crippen LogP) is 1.58. The van der Waals surface area contributed by atoms with Crippen molar-refractivity contribution in [2.75, 3.05) is 0 Å². The smallest absolute Gasteiger partial charge is 0.178 e. The Morgan fingerprint density at radius 1 is 1.31 bits per heavy atom. The van der Waals surface area contributed by atoms with Crippen LogP contribution in [0.5, 0.6) is 0 Å². The van der Waals surface area contributed by atoms with Crippen LogP contribution in [0, 0.1) is 6.92 Å². The van der Waals surface area contributed by atoms with Gasteiger partial charge in [-0.05, 0) is 18.1 Å². The van der Waals surface area contributed by atoms with Crippen LogP contribution in [-0.2, 0) is 6.42 Å². The summed E-state index contributed by atoms with van der Waals surface area (Å²) in [7, 11) is 0. The van der Waals surface area contributed by atoms with E-state index in [4.69, 9.17) is 0 Å². The quantitative estimate of drug-likeness (QED) is 0.679. The van der Waals surface area contributed by atoms with E-state index < -0.39 is 0 Å². The van der Waals surface area contributed by atoms with E-state index in [0.29, 0.717) is 12.2 Å². The lowest BCUT2D eigenvalue weighted by atomic mass is 10.1. The molecule has 0 unspecified atom stereocenters. The normalized spacial score (nSPS) is 11.1. The minimum atomic E-state index is 0.694. The zero-order chi connectivity index (χ0) is 11.0. The molecule has 0 spiro atoms. The molecular weight excluding hydrogens is 202 g/mol. The molecule has 0 atom stereocenters. The second kappa shape index (κ2) is 3.44. The Hall–Kier alpha value is -2.17. The van der Waals surface area contributed by atoms with Gasteiger partial charge in [0.1, 0.15) is 0 Å². The van der Waals surface area contributed by atoms with E-state index in [0.717, 1.165) is 0 Å². The highest BCUT2D eigenvalue weighted by molar-refractivity contribution is 5.86. The summed E-state index contributed by atoms with van der Waals surface area (Å²) in [6.07, 6.45) is 2.70. The van der Waals surface area contributed by atoms with Gasteiger partial charge in [-0.25, -0.2) is 0 Å². The van der Waals surface area contributed by atoms with Gasteiger partial charge in [0.25, 0.3) is 0 Å². The fraction of sp³-hybridized carbons (Fsp3) is 0.182. The van der Waals surface area contributed by atoms with Crippen molar-refractivity contribution in [3.8, 4) is 0 Å². The van der Waals surface area contributed by atoms with Crippen LogP contribution in [0.3, 0.4) is 0 Å². The maximum atomic E-state index is 3.96. The number of nitrogens with one attached hydrogen (secondary N) is 2. The number of rotatable bonds is 2. The van der Waals surface area contributed by atoms with Crippen molar-refractivity contribution in [2.24, 2.45) is 0 Å². The Labute approximate surface area is 91.9 Å². The molecule has 5 nitrogen and oxygen atoms in total. The molecule has 0 radical (unpaired) electrons. The van der Waals surface area contributed by atoms with Gasteiger partial charge >= 0.3 is 0 Å². The minimum absolute atomic E-state index is 0.694. The van der Waals surface area contributed by atoms with E-state index in [2.05, 4.69) is 50.7 Å². The first-order chi connectivity index (χ1) is 7.84. The number of para-hydroxylation sites is 1. The largest absolute Gasteiger partial charge is 0.361 e. The van der Waals surface area contributed by atoms with Crippen LogP contribution in [0.2, 0.25) is 0 Å². The highest BCUT2D eigenvalue weighted by Gasteiger charge is 2.07. The van der Waals surface area contributed by atoms with Crippen LogP contribution >= 0.6 is 0 Å². The van der Waals surface area contributed by atoms with E-state index in [-0.39, 0.29) is 0 Å². The molecule has 1 aromatic carbocycles. The van der Waals surface area contributed by atoms with Gasteiger partial charge in [0, 0.05) is 23.5 Å². The first kappa shape index (κ1) is 9.08. The molecule has 2 heterocycles. The third-order valence-corrected chi connectivity index (χ3v) is 2.75. The van der Waals surface area contributed by atoms with Crippen molar-refractivity contribution in [1.82, 2.24) is 25.6 Å². The number of tetrazole rings is 1. The lowest BCUT2D eigenvalue weighted by Crippen LogP contribution is -1.89. The van der Waals surface area contributed by atoms with E-state index in [9.17, 15) is 0 Å². The monoisotopic (exact) mass is 213 g/mol. The number of benzene rings is 1. The van der Waals surface area contributed by atoms with Crippen molar-refractivity contribution in [3.05, 3.63) is 41.3 Å². The average Bonchev–Trinajstić information content (AvgIpc) is 2.90. The Morgan fingerprint density at radius 3 is 3.06 bits per heavy atom. The molecule has 3 aromatic rings. The number of aromatic nitrogens is 5. The Morgan fingerprint density at radius 2 is 2.25 bits per heavy atom. The molecule has 3 rings (SSSR count). The Bertz CT molecular complexity index is 608. The second-order valence-corrected chi connectivity index (χ2v) is 3.82. The van der Waals surface area contributed by atoms with E-state index in [1.54, 1.807) is 0 Å². The standard InChI is InChI=1S/C11H11N5/c1-7-3-2-4-9-8(6-12-11(7)9)5-10-13-15-16-14-10/h2-4,6,12H,5H2,1H3,(H,13,14,15,16). The summed E-state index contributed by atoms with van der Waals surface area (Å²) in [4.78, 5) is 3.28. The number of hydrogen-bond donors (Lipinski definition) is 2. The van der Waals surface area contributed by atoms with Gasteiger partial charge < -0.3 is 4.98 Å². The third-order valence-electron chi connectivity index (χ3n) is 2.75. The number of aryl methyl sites for hydroxylation is 1. The van der Waals surface area contributed by atoms with Gasteiger partial charge in [-0.2, -0.15) is 5.21 Å². The number of aromatic amines is 2. The summed E-state index contributed by atoms with van der Waals surface area (Å²) in [6.45, 7) is 2.09. The maximum absolute atomic E-state index is 3.96.